The highest BCUT2D eigenvalue weighted by Crippen LogP contribution is 2.55. The van der Waals surface area contributed by atoms with Crippen LogP contribution in [0, 0.1) is 11.3 Å². The molecule has 0 heterocycles. The van der Waals surface area contributed by atoms with Crippen LogP contribution in [0.3, 0.4) is 0 Å². The summed E-state index contributed by atoms with van der Waals surface area (Å²) in [5, 5.41) is 32.7. The summed E-state index contributed by atoms with van der Waals surface area (Å²) >= 11 is 0. The molecule has 1 aromatic carbocycles. The first-order valence-electron chi connectivity index (χ1n) is 8.93. The van der Waals surface area contributed by atoms with Crippen molar-refractivity contribution in [2.45, 2.75) is 77.4 Å². The molecule has 0 saturated heterocycles. The Kier molecular flexibility index (Phi) is 4.01. The smallest absolute Gasteiger partial charge is 0.119 e. The molecule has 3 heteroatoms. The van der Waals surface area contributed by atoms with E-state index in [-0.39, 0.29) is 23.0 Å². The second kappa shape index (κ2) is 5.49. The lowest BCUT2D eigenvalue weighted by Crippen LogP contribution is -2.52. The van der Waals surface area contributed by atoms with Crippen LogP contribution >= 0.6 is 0 Å². The molecule has 1 saturated carbocycles. The largest absolute Gasteiger partial charge is 0.508 e. The summed E-state index contributed by atoms with van der Waals surface area (Å²) < 4.78 is 0. The van der Waals surface area contributed by atoms with Crippen LogP contribution in [0.15, 0.2) is 12.1 Å². The van der Waals surface area contributed by atoms with Crippen molar-refractivity contribution in [2.24, 2.45) is 11.3 Å². The van der Waals surface area contributed by atoms with Gasteiger partial charge >= 0.3 is 0 Å². The van der Waals surface area contributed by atoms with Gasteiger partial charge in [-0.3, -0.25) is 0 Å². The van der Waals surface area contributed by atoms with Gasteiger partial charge in [0.1, 0.15) is 11.9 Å². The predicted octanol–water partition coefficient (Wildman–Crippen LogP) is 4.05. The van der Waals surface area contributed by atoms with Gasteiger partial charge in [0, 0.05) is 0 Å². The maximum absolute atomic E-state index is 11.4. The molecule has 1 aromatic rings. The van der Waals surface area contributed by atoms with Crippen molar-refractivity contribution in [2.75, 3.05) is 0 Å². The summed E-state index contributed by atoms with van der Waals surface area (Å²) in [5.41, 5.74) is 1.66. The van der Waals surface area contributed by atoms with E-state index in [4.69, 9.17) is 0 Å². The Balaban J connectivity index is 2.10. The van der Waals surface area contributed by atoms with E-state index < -0.39 is 11.7 Å². The SMILES string of the molecule is CC(C)c1cc2c(cc1O)C(O)C1(O)CCCC(C)(C)C1CC2. The summed E-state index contributed by atoms with van der Waals surface area (Å²) in [6.07, 6.45) is 3.47. The lowest BCUT2D eigenvalue weighted by Gasteiger charge is -2.50. The summed E-state index contributed by atoms with van der Waals surface area (Å²) in [6, 6.07) is 3.73. The van der Waals surface area contributed by atoms with Crippen molar-refractivity contribution < 1.29 is 15.3 Å². The molecular formula is C20H30O3. The van der Waals surface area contributed by atoms with Crippen molar-refractivity contribution in [3.05, 3.63) is 28.8 Å². The summed E-state index contributed by atoms with van der Waals surface area (Å²) in [5.74, 6) is 0.549. The minimum absolute atomic E-state index is 0.0267. The van der Waals surface area contributed by atoms with Crippen LogP contribution in [0.2, 0.25) is 0 Å². The Bertz CT molecular complexity index is 605. The third kappa shape index (κ3) is 2.58. The van der Waals surface area contributed by atoms with Crippen molar-refractivity contribution in [3.8, 4) is 5.75 Å². The molecule has 3 N–H and O–H groups in total. The van der Waals surface area contributed by atoms with Crippen LogP contribution in [0.4, 0.5) is 0 Å². The predicted molar refractivity (Wildman–Crippen MR) is 91.5 cm³/mol. The Morgan fingerprint density at radius 3 is 2.52 bits per heavy atom. The molecule has 0 aromatic heterocycles. The van der Waals surface area contributed by atoms with Crippen LogP contribution in [0.25, 0.3) is 0 Å². The van der Waals surface area contributed by atoms with E-state index in [0.29, 0.717) is 6.42 Å². The molecular weight excluding hydrogens is 288 g/mol. The summed E-state index contributed by atoms with van der Waals surface area (Å²) in [7, 11) is 0. The van der Waals surface area contributed by atoms with E-state index in [1.165, 1.54) is 0 Å². The molecule has 3 unspecified atom stereocenters. The molecule has 1 fully saturated rings. The van der Waals surface area contributed by atoms with E-state index in [1.807, 2.05) is 6.07 Å². The minimum atomic E-state index is -1.08. The van der Waals surface area contributed by atoms with Gasteiger partial charge in [-0.1, -0.05) is 33.8 Å². The van der Waals surface area contributed by atoms with Gasteiger partial charge < -0.3 is 15.3 Å². The number of aliphatic hydroxyl groups is 2. The van der Waals surface area contributed by atoms with Gasteiger partial charge in [-0.2, -0.15) is 0 Å². The second-order valence-corrected chi connectivity index (χ2v) is 8.59. The summed E-state index contributed by atoms with van der Waals surface area (Å²) in [4.78, 5) is 0. The average Bonchev–Trinajstić information content (AvgIpc) is 2.55. The average molecular weight is 318 g/mol. The van der Waals surface area contributed by atoms with Gasteiger partial charge in [-0.15, -0.1) is 0 Å². The van der Waals surface area contributed by atoms with Gasteiger partial charge in [0.25, 0.3) is 0 Å². The normalized spacial score (nSPS) is 33.0. The van der Waals surface area contributed by atoms with E-state index in [9.17, 15) is 15.3 Å². The van der Waals surface area contributed by atoms with Crippen molar-refractivity contribution in [1.82, 2.24) is 0 Å². The number of hydrogen-bond donors (Lipinski definition) is 3. The molecule has 3 atom stereocenters. The zero-order valence-corrected chi connectivity index (χ0v) is 14.8. The van der Waals surface area contributed by atoms with Crippen molar-refractivity contribution >= 4 is 0 Å². The molecule has 0 radical (unpaired) electrons. The van der Waals surface area contributed by atoms with Gasteiger partial charge in [0.05, 0.1) is 5.60 Å². The van der Waals surface area contributed by atoms with Crippen LogP contribution in [-0.2, 0) is 6.42 Å². The van der Waals surface area contributed by atoms with E-state index >= 15 is 0 Å². The van der Waals surface area contributed by atoms with Crippen molar-refractivity contribution in [1.29, 1.82) is 0 Å². The quantitative estimate of drug-likeness (QED) is 0.732. The molecule has 0 amide bonds. The van der Waals surface area contributed by atoms with Crippen LogP contribution in [-0.4, -0.2) is 20.9 Å². The van der Waals surface area contributed by atoms with E-state index in [2.05, 4.69) is 27.7 Å². The zero-order valence-electron chi connectivity index (χ0n) is 14.8. The second-order valence-electron chi connectivity index (χ2n) is 8.59. The van der Waals surface area contributed by atoms with E-state index in [0.717, 1.165) is 42.4 Å². The molecule has 2 aliphatic carbocycles. The molecule has 128 valence electrons. The fourth-order valence-corrected chi connectivity index (χ4v) is 4.99. The summed E-state index contributed by atoms with van der Waals surface area (Å²) in [6.45, 7) is 8.54. The van der Waals surface area contributed by atoms with Gasteiger partial charge in [0.2, 0.25) is 0 Å². The highest BCUT2D eigenvalue weighted by molar-refractivity contribution is 5.46. The number of aliphatic hydroxyl groups excluding tert-OH is 1. The molecule has 0 bridgehead atoms. The number of fused-ring (bicyclic) bond motifs is 2. The zero-order chi connectivity index (χ0) is 17.0. The minimum Gasteiger partial charge on any atom is -0.508 e. The Morgan fingerprint density at radius 1 is 1.17 bits per heavy atom. The number of phenolic OH excluding ortho intramolecular Hbond substituents is 1. The fraction of sp³-hybridized carbons (Fsp3) is 0.700. The third-order valence-corrected chi connectivity index (χ3v) is 6.33. The first-order valence-corrected chi connectivity index (χ1v) is 8.93. The fourth-order valence-electron chi connectivity index (χ4n) is 4.99. The maximum Gasteiger partial charge on any atom is 0.119 e. The first kappa shape index (κ1) is 16.8. The highest BCUT2D eigenvalue weighted by Gasteiger charge is 2.53. The highest BCUT2D eigenvalue weighted by atomic mass is 16.3. The van der Waals surface area contributed by atoms with Crippen LogP contribution in [0.5, 0.6) is 5.75 Å². The Morgan fingerprint density at radius 2 is 1.87 bits per heavy atom. The topological polar surface area (TPSA) is 60.7 Å². The van der Waals surface area contributed by atoms with Gasteiger partial charge in [-0.25, -0.2) is 0 Å². The molecule has 23 heavy (non-hydrogen) atoms. The Labute approximate surface area is 139 Å². The number of hydrogen-bond acceptors (Lipinski definition) is 3. The van der Waals surface area contributed by atoms with Crippen LogP contribution in [0.1, 0.15) is 82.1 Å². The van der Waals surface area contributed by atoms with Gasteiger partial charge in [0.15, 0.2) is 0 Å². The molecule has 2 aliphatic rings. The van der Waals surface area contributed by atoms with Crippen molar-refractivity contribution in [3.63, 3.8) is 0 Å². The molecule has 0 aliphatic heterocycles. The number of rotatable bonds is 1. The standard InChI is InChI=1S/C20H30O3/c1-12(2)14-10-13-6-7-17-19(3,4)8-5-9-20(17,23)18(22)15(13)11-16(14)21/h10-12,17-18,21-23H,5-9H2,1-4H3. The number of aromatic hydroxyl groups is 1. The monoisotopic (exact) mass is 318 g/mol. The lowest BCUT2D eigenvalue weighted by atomic mass is 9.58. The number of aryl methyl sites for hydroxylation is 1. The van der Waals surface area contributed by atoms with Gasteiger partial charge in [-0.05, 0) is 72.1 Å². The number of phenols is 1. The van der Waals surface area contributed by atoms with E-state index in [1.54, 1.807) is 6.07 Å². The Hall–Kier alpha value is -1.06. The third-order valence-electron chi connectivity index (χ3n) is 6.33. The molecule has 0 spiro atoms. The maximum atomic E-state index is 11.4. The molecule has 3 nitrogen and oxygen atoms in total. The first-order chi connectivity index (χ1) is 10.7. The number of benzene rings is 1. The molecule has 3 rings (SSSR count). The van der Waals surface area contributed by atoms with Crippen LogP contribution < -0.4 is 0 Å². The lowest BCUT2D eigenvalue weighted by molar-refractivity contribution is -0.169.